The fourth-order valence-electron chi connectivity index (χ4n) is 3.66. The van der Waals surface area contributed by atoms with Gasteiger partial charge >= 0.3 is 0 Å². The molecule has 0 aromatic carbocycles. The van der Waals surface area contributed by atoms with Crippen LogP contribution in [0.3, 0.4) is 0 Å². The van der Waals surface area contributed by atoms with Gasteiger partial charge in [0.1, 0.15) is 0 Å². The average Bonchev–Trinajstić information content (AvgIpc) is 2.85. The second-order valence-electron chi connectivity index (χ2n) is 6.15. The first-order valence-corrected chi connectivity index (χ1v) is 7.71. The van der Waals surface area contributed by atoms with E-state index < -0.39 is 0 Å². The summed E-state index contributed by atoms with van der Waals surface area (Å²) in [5.41, 5.74) is 0.961. The molecule has 20 heavy (non-hydrogen) atoms. The third-order valence-corrected chi connectivity index (χ3v) is 4.83. The molecule has 1 aromatic heterocycles. The van der Waals surface area contributed by atoms with Crippen molar-refractivity contribution in [3.8, 4) is 0 Å². The molecule has 2 aliphatic heterocycles. The van der Waals surface area contributed by atoms with E-state index >= 15 is 0 Å². The summed E-state index contributed by atoms with van der Waals surface area (Å²) in [5, 5.41) is 20.6. The molecule has 6 nitrogen and oxygen atoms in total. The molecule has 6 heteroatoms. The van der Waals surface area contributed by atoms with Gasteiger partial charge in [0.05, 0.1) is 18.8 Å². The summed E-state index contributed by atoms with van der Waals surface area (Å²) < 4.78 is 1.69. The van der Waals surface area contributed by atoms with Crippen molar-refractivity contribution in [1.82, 2.24) is 25.2 Å². The van der Waals surface area contributed by atoms with Crippen LogP contribution in [-0.4, -0.2) is 56.8 Å². The second kappa shape index (κ2) is 6.20. The minimum absolute atomic E-state index is 0.106. The summed E-state index contributed by atoms with van der Waals surface area (Å²) in [4.78, 5) is 2.58. The average molecular weight is 279 g/mol. The van der Waals surface area contributed by atoms with Crippen molar-refractivity contribution in [2.24, 2.45) is 0 Å². The number of aliphatic hydroxyl groups is 1. The molecular weight excluding hydrogens is 254 g/mol. The SMILES string of the molecule is CN1C2CCCC1CC(NCc1cn(CCO)nn1)C2. The number of fused-ring (bicyclic) bond motifs is 2. The molecular formula is C14H25N5O. The molecule has 2 atom stereocenters. The molecule has 2 aliphatic rings. The molecule has 3 heterocycles. The van der Waals surface area contributed by atoms with Crippen LogP contribution in [-0.2, 0) is 13.1 Å². The summed E-state index contributed by atoms with van der Waals surface area (Å²) >= 11 is 0. The van der Waals surface area contributed by atoms with Crippen LogP contribution in [0.5, 0.6) is 0 Å². The lowest BCUT2D eigenvalue weighted by Gasteiger charge is -2.47. The van der Waals surface area contributed by atoms with E-state index in [0.29, 0.717) is 12.6 Å². The normalized spacial score (nSPS) is 30.6. The first-order valence-electron chi connectivity index (χ1n) is 7.71. The zero-order valence-corrected chi connectivity index (χ0v) is 12.2. The Hall–Kier alpha value is -0.980. The number of piperidine rings is 2. The predicted molar refractivity (Wildman–Crippen MR) is 76.2 cm³/mol. The van der Waals surface area contributed by atoms with Gasteiger partial charge < -0.3 is 15.3 Å². The van der Waals surface area contributed by atoms with Crippen molar-refractivity contribution >= 4 is 0 Å². The molecule has 0 spiro atoms. The highest BCUT2D eigenvalue weighted by molar-refractivity contribution is 4.96. The van der Waals surface area contributed by atoms with Crippen molar-refractivity contribution in [2.45, 2.75) is 63.3 Å². The smallest absolute Gasteiger partial charge is 0.0964 e. The minimum atomic E-state index is 0.106. The molecule has 1 aromatic rings. The summed E-state index contributed by atoms with van der Waals surface area (Å²) in [7, 11) is 2.28. The standard InChI is InChI=1S/C14H25N5O/c1-18-13-3-2-4-14(18)8-11(7-13)15-9-12-10-19(5-6-20)17-16-12/h10-11,13-15,20H,2-9H2,1H3. The van der Waals surface area contributed by atoms with Gasteiger partial charge in [0.15, 0.2) is 0 Å². The molecule has 0 radical (unpaired) electrons. The van der Waals surface area contributed by atoms with Crippen molar-refractivity contribution < 1.29 is 5.11 Å². The Labute approximate surface area is 120 Å². The van der Waals surface area contributed by atoms with Crippen LogP contribution in [0.2, 0.25) is 0 Å². The molecule has 3 rings (SSSR count). The number of aliphatic hydroxyl groups excluding tert-OH is 1. The third-order valence-electron chi connectivity index (χ3n) is 4.83. The Morgan fingerprint density at radius 2 is 2.10 bits per heavy atom. The van der Waals surface area contributed by atoms with Crippen LogP contribution in [0.15, 0.2) is 6.20 Å². The maximum absolute atomic E-state index is 8.87. The van der Waals surface area contributed by atoms with Crippen molar-refractivity contribution in [2.75, 3.05) is 13.7 Å². The monoisotopic (exact) mass is 279 g/mol. The number of nitrogens with zero attached hydrogens (tertiary/aromatic N) is 4. The molecule has 2 fully saturated rings. The van der Waals surface area contributed by atoms with Gasteiger partial charge in [-0.3, -0.25) is 0 Å². The molecule has 0 amide bonds. The van der Waals surface area contributed by atoms with Crippen molar-refractivity contribution in [1.29, 1.82) is 0 Å². The van der Waals surface area contributed by atoms with E-state index in [0.717, 1.165) is 24.3 Å². The topological polar surface area (TPSA) is 66.2 Å². The quantitative estimate of drug-likeness (QED) is 0.815. The zero-order chi connectivity index (χ0) is 13.9. The molecule has 2 bridgehead atoms. The van der Waals surface area contributed by atoms with E-state index in [1.165, 1.54) is 32.1 Å². The van der Waals surface area contributed by atoms with Crippen LogP contribution in [0.25, 0.3) is 0 Å². The van der Waals surface area contributed by atoms with Crippen molar-refractivity contribution in [3.05, 3.63) is 11.9 Å². The highest BCUT2D eigenvalue weighted by Crippen LogP contribution is 2.32. The first-order chi connectivity index (χ1) is 9.76. The Kier molecular flexibility index (Phi) is 4.33. The lowest BCUT2D eigenvalue weighted by molar-refractivity contribution is 0.0481. The van der Waals surface area contributed by atoms with E-state index in [1.54, 1.807) is 4.68 Å². The molecule has 2 unspecified atom stereocenters. The number of rotatable bonds is 5. The van der Waals surface area contributed by atoms with Crippen LogP contribution < -0.4 is 5.32 Å². The summed E-state index contributed by atoms with van der Waals surface area (Å²) in [5.74, 6) is 0. The first kappa shape index (κ1) is 14.0. The Morgan fingerprint density at radius 3 is 2.80 bits per heavy atom. The van der Waals surface area contributed by atoms with Crippen LogP contribution in [0, 0.1) is 0 Å². The third kappa shape index (κ3) is 3.02. The van der Waals surface area contributed by atoms with Gasteiger partial charge in [-0.15, -0.1) is 5.10 Å². The summed E-state index contributed by atoms with van der Waals surface area (Å²) in [6.07, 6.45) is 8.49. The van der Waals surface area contributed by atoms with Gasteiger partial charge in [-0.1, -0.05) is 11.6 Å². The second-order valence-corrected chi connectivity index (χ2v) is 6.15. The summed E-state index contributed by atoms with van der Waals surface area (Å²) in [6.45, 7) is 1.40. The molecule has 2 N–H and O–H groups in total. The Balaban J connectivity index is 1.51. The molecule has 0 saturated carbocycles. The Bertz CT molecular complexity index is 421. The lowest BCUT2D eigenvalue weighted by Crippen LogP contribution is -2.54. The van der Waals surface area contributed by atoms with Gasteiger partial charge in [-0.05, 0) is 32.7 Å². The molecule has 2 saturated heterocycles. The van der Waals surface area contributed by atoms with Crippen LogP contribution >= 0.6 is 0 Å². The molecule has 0 aliphatic carbocycles. The lowest BCUT2D eigenvalue weighted by atomic mass is 9.82. The number of hydrogen-bond acceptors (Lipinski definition) is 5. The maximum Gasteiger partial charge on any atom is 0.0964 e. The van der Waals surface area contributed by atoms with Crippen molar-refractivity contribution in [3.63, 3.8) is 0 Å². The van der Waals surface area contributed by atoms with E-state index in [9.17, 15) is 0 Å². The van der Waals surface area contributed by atoms with Gasteiger partial charge in [-0.2, -0.15) is 0 Å². The van der Waals surface area contributed by atoms with Gasteiger partial charge in [0.25, 0.3) is 0 Å². The van der Waals surface area contributed by atoms with E-state index in [2.05, 4.69) is 27.6 Å². The van der Waals surface area contributed by atoms with E-state index in [4.69, 9.17) is 5.11 Å². The predicted octanol–water partition coefficient (Wildman–Crippen LogP) is 0.375. The van der Waals surface area contributed by atoms with Gasteiger partial charge in [-0.25, -0.2) is 4.68 Å². The van der Waals surface area contributed by atoms with Crippen LogP contribution in [0.1, 0.15) is 37.8 Å². The summed E-state index contributed by atoms with van der Waals surface area (Å²) in [6, 6.07) is 2.11. The molecule has 112 valence electrons. The number of hydrogen-bond donors (Lipinski definition) is 2. The van der Waals surface area contributed by atoms with E-state index in [-0.39, 0.29) is 6.61 Å². The van der Waals surface area contributed by atoms with Gasteiger partial charge in [0, 0.05) is 30.9 Å². The zero-order valence-electron chi connectivity index (χ0n) is 12.2. The number of aromatic nitrogens is 3. The Morgan fingerprint density at radius 1 is 1.35 bits per heavy atom. The fourth-order valence-corrected chi connectivity index (χ4v) is 3.66. The largest absolute Gasteiger partial charge is 0.394 e. The highest BCUT2D eigenvalue weighted by Gasteiger charge is 2.35. The number of nitrogens with one attached hydrogen (secondary N) is 1. The highest BCUT2D eigenvalue weighted by atomic mass is 16.3. The maximum atomic E-state index is 8.87. The van der Waals surface area contributed by atoms with Gasteiger partial charge in [0.2, 0.25) is 0 Å². The minimum Gasteiger partial charge on any atom is -0.394 e. The fraction of sp³-hybridized carbons (Fsp3) is 0.857. The van der Waals surface area contributed by atoms with Crippen LogP contribution in [0.4, 0.5) is 0 Å². The van der Waals surface area contributed by atoms with E-state index in [1.807, 2.05) is 6.20 Å².